The van der Waals surface area contributed by atoms with E-state index in [1.165, 1.54) is 4.90 Å². The number of esters is 1. The summed E-state index contributed by atoms with van der Waals surface area (Å²) in [5, 5.41) is 2.99. The summed E-state index contributed by atoms with van der Waals surface area (Å²) in [5.41, 5.74) is 7.30. The minimum absolute atomic E-state index is 0.0153. The Morgan fingerprint density at radius 3 is 2.16 bits per heavy atom. The molecule has 266 valence electrons. The Kier molecular flexibility index (Phi) is 13.1. The molecule has 2 heterocycles. The summed E-state index contributed by atoms with van der Waals surface area (Å²) in [6.07, 6.45) is 1.30. The predicted octanol–water partition coefficient (Wildman–Crippen LogP) is 2.05. The number of nitrogens with one attached hydrogen (secondary N) is 2. The number of nitrogens with two attached hydrogens (primary N) is 1. The lowest BCUT2D eigenvalue weighted by Crippen LogP contribution is -2.54. The third kappa shape index (κ3) is 11.3. The molecule has 0 aliphatic carbocycles. The molecule has 4 rings (SSSR count). The van der Waals surface area contributed by atoms with Gasteiger partial charge >= 0.3 is 12.1 Å². The number of rotatable bonds is 12. The van der Waals surface area contributed by atoms with Crippen LogP contribution in [0, 0.1) is 5.92 Å². The first-order chi connectivity index (χ1) is 23.3. The van der Waals surface area contributed by atoms with E-state index >= 15 is 0 Å². The normalized spacial score (nSPS) is 19.1. The molecule has 2 aromatic rings. The van der Waals surface area contributed by atoms with Gasteiger partial charge in [0.05, 0.1) is 11.8 Å². The summed E-state index contributed by atoms with van der Waals surface area (Å²) in [6.45, 7) is 5.01. The molecule has 2 saturated heterocycles. The molecule has 4 atom stereocenters. The number of piperidine rings is 1. The van der Waals surface area contributed by atoms with Gasteiger partial charge in [0.2, 0.25) is 27.8 Å². The number of hydrogen-bond donors (Lipinski definition) is 3. The first kappa shape index (κ1) is 37.3. The van der Waals surface area contributed by atoms with Crippen molar-refractivity contribution < 1.29 is 37.1 Å². The second-order valence-corrected chi connectivity index (χ2v) is 14.3. The maximum atomic E-state index is 13.6. The molecule has 0 saturated carbocycles. The molecule has 3 amide bonds. The minimum Gasteiger partial charge on any atom is -0.455 e. The van der Waals surface area contributed by atoms with Crippen molar-refractivity contribution in [1.29, 1.82) is 0 Å². The lowest BCUT2D eigenvalue weighted by atomic mass is 9.97. The van der Waals surface area contributed by atoms with E-state index in [0.717, 1.165) is 11.8 Å². The van der Waals surface area contributed by atoms with Crippen LogP contribution in [0.25, 0.3) is 0 Å². The van der Waals surface area contributed by atoms with E-state index < -0.39 is 52.3 Å². The highest BCUT2D eigenvalue weighted by Gasteiger charge is 2.38. The van der Waals surface area contributed by atoms with E-state index in [1.807, 2.05) is 30.3 Å². The van der Waals surface area contributed by atoms with Gasteiger partial charge in [0.25, 0.3) is 0 Å². The van der Waals surface area contributed by atoms with Gasteiger partial charge in [-0.3, -0.25) is 9.59 Å². The van der Waals surface area contributed by atoms with Gasteiger partial charge in [-0.25, -0.2) is 22.7 Å². The zero-order chi connectivity index (χ0) is 35.6. The number of hydrogen-bond acceptors (Lipinski definition) is 8. The molecular formula is C34H46N6O8S. The van der Waals surface area contributed by atoms with E-state index in [-0.39, 0.29) is 24.2 Å². The summed E-state index contributed by atoms with van der Waals surface area (Å²) >= 11 is 0. The average Bonchev–Trinajstić information content (AvgIpc) is 3.57. The number of nitrogens with zero attached hydrogens (tertiary/aromatic N) is 3. The Morgan fingerprint density at radius 1 is 0.918 bits per heavy atom. The smallest absolute Gasteiger partial charge is 0.437 e. The molecular weight excluding hydrogens is 652 g/mol. The maximum absolute atomic E-state index is 13.6. The van der Waals surface area contributed by atoms with Crippen molar-refractivity contribution in [2.75, 3.05) is 32.4 Å². The number of sulfonamides is 1. The second kappa shape index (κ2) is 17.2. The summed E-state index contributed by atoms with van der Waals surface area (Å²) in [7, 11) is -3.68. The molecule has 2 aromatic carbocycles. The molecule has 0 spiro atoms. The van der Waals surface area contributed by atoms with Crippen molar-refractivity contribution in [3.63, 3.8) is 0 Å². The van der Waals surface area contributed by atoms with Crippen LogP contribution in [0.2, 0.25) is 0 Å². The number of amides is 3. The zero-order valence-electron chi connectivity index (χ0n) is 28.1. The number of benzene rings is 2. The fraction of sp³-hybridized carbons (Fsp3) is 0.500. The van der Waals surface area contributed by atoms with Crippen molar-refractivity contribution in [3.05, 3.63) is 71.8 Å². The minimum atomic E-state index is -3.68. The van der Waals surface area contributed by atoms with E-state index in [4.69, 9.17) is 15.2 Å². The second-order valence-electron chi connectivity index (χ2n) is 12.5. The van der Waals surface area contributed by atoms with Gasteiger partial charge in [-0.2, -0.15) is 0 Å². The highest BCUT2D eigenvalue weighted by molar-refractivity contribution is 7.88. The molecule has 0 aromatic heterocycles. The SMILES string of the molecule is CC(OC(=O)c1ccccc1)[C@@H](C)OC(=O)N=C(N)N1CCC(CNC(=O)[C@H]2CCCN2C(=O)[C@@H](Cc2ccccc2)NS(C)(=O)=O)CC1. The van der Waals surface area contributed by atoms with Gasteiger partial charge in [0.15, 0.2) is 0 Å². The number of carbonyl (C=O) groups is 4. The molecule has 49 heavy (non-hydrogen) atoms. The van der Waals surface area contributed by atoms with Gasteiger partial charge in [-0.05, 0) is 69.6 Å². The van der Waals surface area contributed by atoms with Gasteiger partial charge in [-0.15, -0.1) is 4.99 Å². The van der Waals surface area contributed by atoms with Crippen molar-refractivity contribution in [2.24, 2.45) is 16.6 Å². The summed E-state index contributed by atoms with van der Waals surface area (Å²) in [6, 6.07) is 15.9. The number of likely N-dealkylation sites (tertiary alicyclic amines) is 2. The molecule has 0 bridgehead atoms. The van der Waals surface area contributed by atoms with Crippen LogP contribution >= 0.6 is 0 Å². The molecule has 14 nitrogen and oxygen atoms in total. The number of ether oxygens (including phenoxy) is 2. The molecule has 1 unspecified atom stereocenters. The highest BCUT2D eigenvalue weighted by Crippen LogP contribution is 2.21. The molecule has 2 aliphatic heterocycles. The average molecular weight is 699 g/mol. The van der Waals surface area contributed by atoms with E-state index in [1.54, 1.807) is 49.1 Å². The highest BCUT2D eigenvalue weighted by atomic mass is 32.2. The predicted molar refractivity (Wildman–Crippen MR) is 183 cm³/mol. The van der Waals surface area contributed by atoms with Crippen LogP contribution in [0.15, 0.2) is 65.7 Å². The Morgan fingerprint density at radius 2 is 1.53 bits per heavy atom. The first-order valence-electron chi connectivity index (χ1n) is 16.5. The molecule has 4 N–H and O–H groups in total. The summed E-state index contributed by atoms with van der Waals surface area (Å²) in [5.74, 6) is -1.07. The topological polar surface area (TPSA) is 190 Å². The van der Waals surface area contributed by atoms with Crippen LogP contribution in [0.4, 0.5) is 4.79 Å². The number of aliphatic imine (C=N–C) groups is 1. The van der Waals surface area contributed by atoms with Gasteiger partial charge in [0.1, 0.15) is 24.3 Å². The van der Waals surface area contributed by atoms with Gasteiger partial charge < -0.3 is 30.3 Å². The summed E-state index contributed by atoms with van der Waals surface area (Å²) < 4.78 is 37.3. The third-order valence-electron chi connectivity index (χ3n) is 8.74. The van der Waals surface area contributed by atoms with Crippen LogP contribution in [0.1, 0.15) is 55.5 Å². The quantitative estimate of drug-likeness (QED) is 0.168. The lowest BCUT2D eigenvalue weighted by molar-refractivity contribution is -0.139. The van der Waals surface area contributed by atoms with E-state index in [9.17, 15) is 27.6 Å². The van der Waals surface area contributed by atoms with Crippen LogP contribution < -0.4 is 15.8 Å². The fourth-order valence-electron chi connectivity index (χ4n) is 5.87. The Balaban J connectivity index is 1.22. The van der Waals surface area contributed by atoms with Crippen molar-refractivity contribution >= 4 is 39.9 Å². The Hall–Kier alpha value is -4.50. The van der Waals surface area contributed by atoms with Crippen molar-refractivity contribution in [2.45, 2.75) is 70.2 Å². The monoisotopic (exact) mass is 698 g/mol. The zero-order valence-corrected chi connectivity index (χ0v) is 28.9. The van der Waals surface area contributed by atoms with Gasteiger partial charge in [0, 0.05) is 26.2 Å². The van der Waals surface area contributed by atoms with Crippen molar-refractivity contribution in [1.82, 2.24) is 19.8 Å². The maximum Gasteiger partial charge on any atom is 0.437 e. The van der Waals surface area contributed by atoms with Crippen LogP contribution in [-0.4, -0.2) is 105 Å². The number of carbonyl (C=O) groups excluding carboxylic acids is 4. The molecule has 2 fully saturated rings. The Labute approximate surface area is 287 Å². The van der Waals surface area contributed by atoms with E-state index in [2.05, 4.69) is 15.0 Å². The van der Waals surface area contributed by atoms with Crippen molar-refractivity contribution in [3.8, 4) is 0 Å². The lowest BCUT2D eigenvalue weighted by Gasteiger charge is -2.33. The molecule has 0 radical (unpaired) electrons. The van der Waals surface area contributed by atoms with Gasteiger partial charge in [-0.1, -0.05) is 48.5 Å². The van der Waals surface area contributed by atoms with Crippen LogP contribution in [0.3, 0.4) is 0 Å². The standard InChI is InChI=1S/C34H46N6O8S/c1-23(47-32(43)27-13-8-5-9-14-27)24(2)48-34(44)37-33(35)39-19-16-26(17-20-39)22-36-30(41)29-15-10-18-40(29)31(42)28(38-49(3,45)46)21-25-11-6-4-7-12-25/h4-9,11-14,23-24,26,28-29,38H,10,15-22H2,1-3H3,(H,36,41)(H2,35,37,44)/t23?,24-,28-,29-/m1/s1. The van der Waals surface area contributed by atoms with Crippen LogP contribution in [-0.2, 0) is 35.5 Å². The fourth-order valence-corrected chi connectivity index (χ4v) is 6.57. The Bertz CT molecular complexity index is 1580. The first-order valence-corrected chi connectivity index (χ1v) is 18.3. The summed E-state index contributed by atoms with van der Waals surface area (Å²) in [4.78, 5) is 58.7. The molecule has 2 aliphatic rings. The van der Waals surface area contributed by atoms with E-state index in [0.29, 0.717) is 57.4 Å². The van der Waals surface area contributed by atoms with Crippen LogP contribution in [0.5, 0.6) is 0 Å². The largest absolute Gasteiger partial charge is 0.455 e. The molecule has 15 heteroatoms. The number of guanidine groups is 1. The third-order valence-corrected chi connectivity index (χ3v) is 9.45.